The second-order valence-corrected chi connectivity index (χ2v) is 29.1. The average Bonchev–Trinajstić information content (AvgIpc) is 3.71. The highest BCUT2D eigenvalue weighted by Gasteiger charge is 2.30. The molecule has 0 radical (unpaired) electrons. The first kappa shape index (κ1) is 87.1. The molecule has 2 unspecified atom stereocenters. The molecule has 0 aliphatic carbocycles. The van der Waals surface area contributed by atoms with Crippen LogP contribution in [0.4, 0.5) is 0 Å². The van der Waals surface area contributed by atoms with Crippen molar-refractivity contribution < 1.29 is 80.2 Å². The lowest BCUT2D eigenvalue weighted by atomic mass is 10.0. The highest BCUT2D eigenvalue weighted by molar-refractivity contribution is 7.47. The van der Waals surface area contributed by atoms with Crippen molar-refractivity contribution in [2.45, 2.75) is 374 Å². The quantitative estimate of drug-likeness (QED) is 0.0222. The highest BCUT2D eigenvalue weighted by Crippen LogP contribution is 2.45. The van der Waals surface area contributed by atoms with Crippen LogP contribution < -0.4 is 0 Å². The third kappa shape index (κ3) is 64.6. The van der Waals surface area contributed by atoms with E-state index >= 15 is 0 Å². The summed E-state index contributed by atoms with van der Waals surface area (Å²) < 4.78 is 68.3. The maximum absolute atomic E-state index is 13.0. The molecule has 89 heavy (non-hydrogen) atoms. The Morgan fingerprint density at radius 2 is 0.517 bits per heavy atom. The monoisotopic (exact) mass is 1310 g/mol. The van der Waals surface area contributed by atoms with Gasteiger partial charge in [0.25, 0.3) is 0 Å². The molecule has 528 valence electrons. The summed E-state index contributed by atoms with van der Waals surface area (Å²) >= 11 is 0. The van der Waals surface area contributed by atoms with Crippen molar-refractivity contribution in [1.82, 2.24) is 0 Å². The minimum absolute atomic E-state index is 0.105. The zero-order valence-electron chi connectivity index (χ0n) is 57.7. The molecule has 3 N–H and O–H groups in total. The molecule has 0 saturated heterocycles. The van der Waals surface area contributed by atoms with E-state index in [1.165, 1.54) is 173 Å². The van der Waals surface area contributed by atoms with Gasteiger partial charge in [-0.25, -0.2) is 9.13 Å². The Morgan fingerprint density at radius 3 is 0.764 bits per heavy atom. The van der Waals surface area contributed by atoms with Gasteiger partial charge in [-0.15, -0.1) is 0 Å². The van der Waals surface area contributed by atoms with Crippen LogP contribution in [0.3, 0.4) is 0 Å². The summed E-state index contributed by atoms with van der Waals surface area (Å²) in [6.07, 6.45) is 47.1. The van der Waals surface area contributed by atoms with E-state index < -0.39 is 97.5 Å². The maximum Gasteiger partial charge on any atom is 0.472 e. The van der Waals surface area contributed by atoms with Gasteiger partial charge in [-0.1, -0.05) is 305 Å². The molecule has 0 rings (SSSR count). The van der Waals surface area contributed by atoms with E-state index in [0.717, 1.165) is 102 Å². The number of phosphoric ester groups is 2. The van der Waals surface area contributed by atoms with E-state index in [2.05, 4.69) is 41.5 Å². The Morgan fingerprint density at radius 1 is 0.303 bits per heavy atom. The van der Waals surface area contributed by atoms with Crippen LogP contribution in [0.5, 0.6) is 0 Å². The predicted octanol–water partition coefficient (Wildman–Crippen LogP) is 20.0. The van der Waals surface area contributed by atoms with Crippen molar-refractivity contribution in [2.24, 2.45) is 11.8 Å². The SMILES string of the molecule is CCCCCCCCCCCCCCC(=O)OC[C@H](COP(=O)(O)OC[C@@H](O)COP(=O)(O)OC[C@@H](COC(=O)CCCCCCCCCCCCC)OC(=O)CCCCCCCCCCC(C)C)OC(=O)CCCCCCCCCCCCCCC(C)C. The number of aliphatic hydroxyl groups excluding tert-OH is 1. The van der Waals surface area contributed by atoms with E-state index in [1.54, 1.807) is 0 Å². The normalized spacial score (nSPS) is 14.1. The Balaban J connectivity index is 5.25. The lowest BCUT2D eigenvalue weighted by molar-refractivity contribution is -0.161. The van der Waals surface area contributed by atoms with Crippen LogP contribution in [0, 0.1) is 11.8 Å². The Hall–Kier alpha value is -1.94. The van der Waals surface area contributed by atoms with Crippen LogP contribution in [0.1, 0.15) is 356 Å². The average molecular weight is 1310 g/mol. The molecule has 0 saturated carbocycles. The van der Waals surface area contributed by atoms with Crippen LogP contribution in [0.2, 0.25) is 0 Å². The molecule has 0 aliphatic heterocycles. The third-order valence-corrected chi connectivity index (χ3v) is 18.1. The molecule has 0 aliphatic rings. The third-order valence-electron chi connectivity index (χ3n) is 16.2. The topological polar surface area (TPSA) is 237 Å². The maximum atomic E-state index is 13.0. The van der Waals surface area contributed by atoms with Gasteiger partial charge in [0, 0.05) is 25.7 Å². The molecular weight excluding hydrogens is 1170 g/mol. The second-order valence-electron chi connectivity index (χ2n) is 26.2. The minimum atomic E-state index is -4.95. The molecule has 0 spiro atoms. The van der Waals surface area contributed by atoms with E-state index in [4.69, 9.17) is 37.0 Å². The predicted molar refractivity (Wildman–Crippen MR) is 358 cm³/mol. The van der Waals surface area contributed by atoms with Gasteiger partial charge in [0.05, 0.1) is 26.4 Å². The molecule has 0 bridgehead atoms. The number of hydrogen-bond donors (Lipinski definition) is 3. The molecule has 0 heterocycles. The lowest BCUT2D eigenvalue weighted by Crippen LogP contribution is -2.30. The van der Waals surface area contributed by atoms with Gasteiger partial charge in [-0.2, -0.15) is 0 Å². The van der Waals surface area contributed by atoms with E-state index in [0.29, 0.717) is 25.7 Å². The summed E-state index contributed by atoms with van der Waals surface area (Å²) in [6, 6.07) is 0. The van der Waals surface area contributed by atoms with Crippen molar-refractivity contribution in [3.63, 3.8) is 0 Å². The van der Waals surface area contributed by atoms with Gasteiger partial charge in [0.1, 0.15) is 19.3 Å². The standard InChI is InChI=1S/C70H136O17P2/c1-7-9-11-13-15-17-19-24-28-35-41-47-53-68(73)81-58-65(86-69(74)54-48-42-36-29-25-21-20-23-26-32-38-44-50-62(3)4)60-84-88(76,77)82-56-64(71)57-83-89(78,79)85-61-66(87-70(75)55-49-43-37-31-30-33-39-45-51-63(5)6)59-80-67(72)52-46-40-34-27-22-18-16-14-12-10-8-2/h62-66,71H,7-61H2,1-6H3,(H,76,77)(H,78,79)/t64-,65-,66-/m1/s1. The first-order valence-electron chi connectivity index (χ1n) is 36.5. The van der Waals surface area contributed by atoms with Crippen molar-refractivity contribution in [3.05, 3.63) is 0 Å². The molecule has 17 nitrogen and oxygen atoms in total. The Kier molecular flexibility index (Phi) is 60.8. The minimum Gasteiger partial charge on any atom is -0.462 e. The van der Waals surface area contributed by atoms with Crippen LogP contribution in [-0.2, 0) is 65.4 Å². The van der Waals surface area contributed by atoms with E-state index in [-0.39, 0.29) is 25.7 Å². The summed E-state index contributed by atoms with van der Waals surface area (Å²) in [7, 11) is -9.90. The van der Waals surface area contributed by atoms with Crippen LogP contribution >= 0.6 is 15.6 Å². The van der Waals surface area contributed by atoms with Crippen molar-refractivity contribution in [1.29, 1.82) is 0 Å². The Bertz CT molecular complexity index is 1730. The number of aliphatic hydroxyl groups is 1. The molecule has 0 amide bonds. The first-order chi connectivity index (χ1) is 42.9. The number of rotatable bonds is 69. The molecule has 0 aromatic heterocycles. The van der Waals surface area contributed by atoms with Gasteiger partial charge in [-0.05, 0) is 37.5 Å². The number of unbranched alkanes of at least 4 members (excludes halogenated alkanes) is 39. The summed E-state index contributed by atoms with van der Waals surface area (Å²) in [5, 5.41) is 10.6. The van der Waals surface area contributed by atoms with Crippen LogP contribution in [0.25, 0.3) is 0 Å². The Labute approximate surface area is 543 Å². The fraction of sp³-hybridized carbons (Fsp3) is 0.943. The number of carbonyl (C=O) groups is 4. The number of ether oxygens (including phenoxy) is 4. The van der Waals surface area contributed by atoms with Crippen LogP contribution in [-0.4, -0.2) is 96.7 Å². The number of phosphoric acid groups is 2. The summed E-state index contributed by atoms with van der Waals surface area (Å²) in [5.41, 5.74) is 0. The zero-order chi connectivity index (χ0) is 65.7. The largest absolute Gasteiger partial charge is 0.472 e. The fourth-order valence-corrected chi connectivity index (χ4v) is 12.2. The van der Waals surface area contributed by atoms with Gasteiger partial charge in [-0.3, -0.25) is 37.3 Å². The number of hydrogen-bond acceptors (Lipinski definition) is 15. The second kappa shape index (κ2) is 62.2. The van der Waals surface area contributed by atoms with Crippen molar-refractivity contribution in [3.8, 4) is 0 Å². The van der Waals surface area contributed by atoms with Crippen molar-refractivity contribution >= 4 is 39.5 Å². The van der Waals surface area contributed by atoms with Gasteiger partial charge in [0.15, 0.2) is 12.2 Å². The molecule has 0 fully saturated rings. The summed E-state index contributed by atoms with van der Waals surface area (Å²) in [4.78, 5) is 72.5. The van der Waals surface area contributed by atoms with Crippen molar-refractivity contribution in [2.75, 3.05) is 39.6 Å². The first-order valence-corrected chi connectivity index (χ1v) is 39.5. The molecule has 0 aromatic carbocycles. The zero-order valence-corrected chi connectivity index (χ0v) is 59.5. The molecule has 5 atom stereocenters. The van der Waals surface area contributed by atoms with Gasteiger partial charge < -0.3 is 33.8 Å². The van der Waals surface area contributed by atoms with Gasteiger partial charge >= 0.3 is 39.5 Å². The summed E-state index contributed by atoms with van der Waals surface area (Å²) in [6.45, 7) is 9.52. The smallest absolute Gasteiger partial charge is 0.462 e. The lowest BCUT2D eigenvalue weighted by Gasteiger charge is -2.21. The van der Waals surface area contributed by atoms with E-state index in [9.17, 15) is 43.2 Å². The molecule has 0 aromatic rings. The fourth-order valence-electron chi connectivity index (χ4n) is 10.6. The molecular formula is C70H136O17P2. The molecule has 19 heteroatoms. The number of esters is 4. The highest BCUT2D eigenvalue weighted by atomic mass is 31.2. The van der Waals surface area contributed by atoms with Gasteiger partial charge in [0.2, 0.25) is 0 Å². The summed E-state index contributed by atoms with van der Waals surface area (Å²) in [5.74, 6) is -0.629. The van der Waals surface area contributed by atoms with Crippen LogP contribution in [0.15, 0.2) is 0 Å². The van der Waals surface area contributed by atoms with E-state index in [1.807, 2.05) is 0 Å². The number of carbonyl (C=O) groups excluding carboxylic acids is 4.